The van der Waals surface area contributed by atoms with E-state index in [9.17, 15) is 8.42 Å². The average Bonchev–Trinajstić information content (AvgIpc) is 2.70. The molecule has 1 fully saturated rings. The summed E-state index contributed by atoms with van der Waals surface area (Å²) in [4.78, 5) is 0.163. The van der Waals surface area contributed by atoms with Gasteiger partial charge in [0.15, 0.2) is 0 Å². The molecule has 0 aliphatic heterocycles. The van der Waals surface area contributed by atoms with E-state index in [0.717, 1.165) is 11.5 Å². The third-order valence-corrected chi connectivity index (χ3v) is 5.57. The number of nitrogens with two attached hydrogens (primary N) is 1. The molecule has 3 N–H and O–H groups in total. The molecule has 0 radical (unpaired) electrons. The average molecular weight is 296 g/mol. The van der Waals surface area contributed by atoms with Crippen LogP contribution in [0.2, 0.25) is 0 Å². The Labute approximate surface area is 121 Å². The van der Waals surface area contributed by atoms with E-state index in [-0.39, 0.29) is 10.9 Å². The van der Waals surface area contributed by atoms with Crippen LogP contribution in [0.5, 0.6) is 0 Å². The number of hydrogen-bond donors (Lipinski definition) is 2. The lowest BCUT2D eigenvalue weighted by Crippen LogP contribution is -2.34. The van der Waals surface area contributed by atoms with E-state index in [1.54, 1.807) is 12.1 Å². The number of primary sulfonamides is 1. The maximum Gasteiger partial charge on any atom is 0.238 e. The maximum atomic E-state index is 11.2. The first-order chi connectivity index (χ1) is 9.29. The van der Waals surface area contributed by atoms with Gasteiger partial charge in [-0.3, -0.25) is 0 Å². The van der Waals surface area contributed by atoms with Crippen LogP contribution >= 0.6 is 0 Å². The zero-order valence-corrected chi connectivity index (χ0v) is 13.2. The molecule has 1 saturated carbocycles. The molecule has 112 valence electrons. The van der Waals surface area contributed by atoms with Crippen molar-refractivity contribution in [3.8, 4) is 0 Å². The van der Waals surface area contributed by atoms with Crippen LogP contribution in [0, 0.1) is 11.8 Å². The van der Waals surface area contributed by atoms with Gasteiger partial charge in [-0.2, -0.15) is 0 Å². The minimum absolute atomic E-state index is 0.163. The molecule has 4 unspecified atom stereocenters. The maximum absolute atomic E-state index is 11.2. The summed E-state index contributed by atoms with van der Waals surface area (Å²) in [6.45, 7) is 6.71. The van der Waals surface area contributed by atoms with Gasteiger partial charge < -0.3 is 5.32 Å². The molecule has 0 spiro atoms. The predicted molar refractivity (Wildman–Crippen MR) is 80.7 cm³/mol. The van der Waals surface area contributed by atoms with Gasteiger partial charge in [0.2, 0.25) is 10.0 Å². The van der Waals surface area contributed by atoms with E-state index < -0.39 is 10.0 Å². The van der Waals surface area contributed by atoms with E-state index in [2.05, 4.69) is 26.1 Å². The van der Waals surface area contributed by atoms with Gasteiger partial charge in [0.1, 0.15) is 0 Å². The highest BCUT2D eigenvalue weighted by molar-refractivity contribution is 7.89. The Balaban J connectivity index is 2.05. The fourth-order valence-electron chi connectivity index (χ4n) is 2.96. The van der Waals surface area contributed by atoms with E-state index in [4.69, 9.17) is 5.14 Å². The molecular formula is C15H24N2O2S. The van der Waals surface area contributed by atoms with Crippen molar-refractivity contribution >= 4 is 10.0 Å². The standard InChI is InChI=1S/C15H24N2O2S/c1-10-4-9-15(11(10)2)17-12(3)13-5-7-14(8-6-13)20(16,18)19/h5-8,10-12,15,17H,4,9H2,1-3H3,(H2,16,18,19). The van der Waals surface area contributed by atoms with Crippen LogP contribution in [0.15, 0.2) is 29.2 Å². The third-order valence-electron chi connectivity index (χ3n) is 4.64. The quantitative estimate of drug-likeness (QED) is 0.896. The predicted octanol–water partition coefficient (Wildman–Crippen LogP) is 2.42. The van der Waals surface area contributed by atoms with Gasteiger partial charge >= 0.3 is 0 Å². The van der Waals surface area contributed by atoms with Crippen molar-refractivity contribution in [3.05, 3.63) is 29.8 Å². The van der Waals surface area contributed by atoms with E-state index in [1.165, 1.54) is 12.8 Å². The molecule has 0 bridgehead atoms. The summed E-state index contributed by atoms with van der Waals surface area (Å²) >= 11 is 0. The lowest BCUT2D eigenvalue weighted by atomic mass is 9.96. The summed E-state index contributed by atoms with van der Waals surface area (Å²) in [7, 11) is -3.60. The number of sulfonamides is 1. The normalized spacial score (nSPS) is 28.5. The molecule has 1 aromatic carbocycles. The molecule has 1 aromatic rings. The van der Waals surface area contributed by atoms with Crippen molar-refractivity contribution < 1.29 is 8.42 Å². The molecule has 2 rings (SSSR count). The molecule has 0 heterocycles. The first-order valence-electron chi connectivity index (χ1n) is 7.18. The van der Waals surface area contributed by atoms with E-state index in [0.29, 0.717) is 12.0 Å². The van der Waals surface area contributed by atoms with Crippen molar-refractivity contribution in [1.82, 2.24) is 5.32 Å². The SMILES string of the molecule is CC(NC1CCC(C)C1C)c1ccc(S(N)(=O)=O)cc1. The molecule has 1 aliphatic carbocycles. The topological polar surface area (TPSA) is 72.2 Å². The van der Waals surface area contributed by atoms with Crippen molar-refractivity contribution in [2.24, 2.45) is 17.0 Å². The van der Waals surface area contributed by atoms with Gasteiger partial charge in [-0.25, -0.2) is 13.6 Å². The monoisotopic (exact) mass is 296 g/mol. The summed E-state index contributed by atoms with van der Waals surface area (Å²) in [6.07, 6.45) is 2.48. The third kappa shape index (κ3) is 3.40. The Kier molecular flexibility index (Phi) is 4.52. The molecule has 20 heavy (non-hydrogen) atoms. The van der Waals surface area contributed by atoms with Gasteiger partial charge in [0, 0.05) is 12.1 Å². The minimum Gasteiger partial charge on any atom is -0.307 e. The zero-order chi connectivity index (χ0) is 14.9. The number of benzene rings is 1. The largest absolute Gasteiger partial charge is 0.307 e. The second kappa shape index (κ2) is 5.84. The molecule has 0 aromatic heterocycles. The highest BCUT2D eigenvalue weighted by Crippen LogP contribution is 2.32. The van der Waals surface area contributed by atoms with Crippen molar-refractivity contribution in [1.29, 1.82) is 0 Å². The van der Waals surface area contributed by atoms with Crippen LogP contribution in [0.1, 0.15) is 45.2 Å². The van der Waals surface area contributed by atoms with Crippen LogP contribution < -0.4 is 10.5 Å². The molecule has 5 heteroatoms. The Hall–Kier alpha value is -0.910. The van der Waals surface area contributed by atoms with Gasteiger partial charge in [-0.15, -0.1) is 0 Å². The summed E-state index contributed by atoms with van der Waals surface area (Å²) in [5, 5.41) is 8.76. The van der Waals surface area contributed by atoms with E-state index >= 15 is 0 Å². The van der Waals surface area contributed by atoms with E-state index in [1.807, 2.05) is 12.1 Å². The first-order valence-corrected chi connectivity index (χ1v) is 8.72. The summed E-state index contributed by atoms with van der Waals surface area (Å²) in [5.41, 5.74) is 1.09. The number of hydrogen-bond acceptors (Lipinski definition) is 3. The molecular weight excluding hydrogens is 272 g/mol. The van der Waals surface area contributed by atoms with Crippen molar-refractivity contribution in [3.63, 3.8) is 0 Å². The Bertz CT molecular complexity index is 554. The van der Waals surface area contributed by atoms with Gasteiger partial charge in [-0.05, 0) is 49.3 Å². The van der Waals surface area contributed by atoms with Crippen LogP contribution in [-0.2, 0) is 10.0 Å². The lowest BCUT2D eigenvalue weighted by molar-refractivity contribution is 0.347. The van der Waals surface area contributed by atoms with Gasteiger partial charge in [0.25, 0.3) is 0 Å². The van der Waals surface area contributed by atoms with Crippen LogP contribution in [-0.4, -0.2) is 14.5 Å². The Morgan fingerprint density at radius 3 is 2.25 bits per heavy atom. The Morgan fingerprint density at radius 1 is 1.20 bits per heavy atom. The molecule has 4 atom stereocenters. The molecule has 0 amide bonds. The van der Waals surface area contributed by atoms with Gasteiger partial charge in [0.05, 0.1) is 4.90 Å². The summed E-state index contributed by atoms with van der Waals surface area (Å²) in [5.74, 6) is 1.45. The smallest absolute Gasteiger partial charge is 0.238 e. The summed E-state index contributed by atoms with van der Waals surface area (Å²) in [6, 6.07) is 7.56. The fraction of sp³-hybridized carbons (Fsp3) is 0.600. The molecule has 0 saturated heterocycles. The highest BCUT2D eigenvalue weighted by Gasteiger charge is 2.30. The number of rotatable bonds is 4. The first kappa shape index (κ1) is 15.5. The lowest BCUT2D eigenvalue weighted by Gasteiger charge is -2.24. The molecule has 1 aliphatic rings. The second-order valence-electron chi connectivity index (χ2n) is 6.02. The zero-order valence-electron chi connectivity index (χ0n) is 12.3. The van der Waals surface area contributed by atoms with Crippen molar-refractivity contribution in [2.45, 2.75) is 50.6 Å². The summed E-state index contributed by atoms with van der Waals surface area (Å²) < 4.78 is 22.5. The Morgan fingerprint density at radius 2 is 1.80 bits per heavy atom. The van der Waals surface area contributed by atoms with Crippen LogP contribution in [0.3, 0.4) is 0 Å². The highest BCUT2D eigenvalue weighted by atomic mass is 32.2. The van der Waals surface area contributed by atoms with Crippen LogP contribution in [0.4, 0.5) is 0 Å². The minimum atomic E-state index is -3.60. The second-order valence-corrected chi connectivity index (χ2v) is 7.58. The van der Waals surface area contributed by atoms with Gasteiger partial charge in [-0.1, -0.05) is 26.0 Å². The molecule has 4 nitrogen and oxygen atoms in total. The van der Waals surface area contributed by atoms with Crippen LogP contribution in [0.25, 0.3) is 0 Å². The van der Waals surface area contributed by atoms with Crippen molar-refractivity contribution in [2.75, 3.05) is 0 Å². The fourth-order valence-corrected chi connectivity index (χ4v) is 3.48. The number of nitrogens with one attached hydrogen (secondary N) is 1.